The number of nitrogens with zero attached hydrogens (tertiary/aromatic N) is 1. The summed E-state index contributed by atoms with van der Waals surface area (Å²) in [5.74, 6) is -1.46. The Morgan fingerprint density at radius 3 is 2.44 bits per heavy atom. The fourth-order valence-corrected chi connectivity index (χ4v) is 1.43. The van der Waals surface area contributed by atoms with Crippen LogP contribution in [0.3, 0.4) is 0 Å². The van der Waals surface area contributed by atoms with Gasteiger partial charge in [-0.1, -0.05) is 6.92 Å². The van der Waals surface area contributed by atoms with Gasteiger partial charge in [-0.05, 0) is 20.3 Å². The molecule has 106 valence electrons. The predicted molar refractivity (Wildman–Crippen MR) is 68.5 cm³/mol. The highest BCUT2D eigenvalue weighted by molar-refractivity contribution is 5.76. The van der Waals surface area contributed by atoms with Crippen LogP contribution in [0.15, 0.2) is 0 Å². The number of ether oxygens (including phenoxy) is 1. The Kier molecular flexibility index (Phi) is 8.11. The summed E-state index contributed by atoms with van der Waals surface area (Å²) in [6.45, 7) is 6.60. The highest BCUT2D eigenvalue weighted by Crippen LogP contribution is 2.02. The van der Waals surface area contributed by atoms with Crippen LogP contribution in [-0.4, -0.2) is 54.9 Å². The topological polar surface area (TPSA) is 78.9 Å². The van der Waals surface area contributed by atoms with Gasteiger partial charge in [-0.25, -0.2) is 4.79 Å². The van der Waals surface area contributed by atoms with Gasteiger partial charge in [-0.15, -0.1) is 0 Å². The number of amides is 2. The molecule has 2 atom stereocenters. The number of methoxy groups -OCH3 is 1. The lowest BCUT2D eigenvalue weighted by molar-refractivity contribution is -0.141. The zero-order valence-corrected chi connectivity index (χ0v) is 11.6. The second-order valence-corrected chi connectivity index (χ2v) is 4.41. The molecule has 0 fully saturated rings. The normalized spacial score (nSPS) is 13.8. The van der Waals surface area contributed by atoms with Gasteiger partial charge >= 0.3 is 12.0 Å². The molecule has 6 nitrogen and oxygen atoms in total. The molecular weight excluding hydrogens is 236 g/mol. The van der Waals surface area contributed by atoms with E-state index < -0.39 is 11.9 Å². The van der Waals surface area contributed by atoms with Crippen molar-refractivity contribution in [1.29, 1.82) is 0 Å². The number of urea groups is 1. The summed E-state index contributed by atoms with van der Waals surface area (Å²) in [5, 5.41) is 11.7. The number of nitrogens with one attached hydrogen (secondary N) is 1. The van der Waals surface area contributed by atoms with Crippen molar-refractivity contribution in [3.05, 3.63) is 0 Å². The molecule has 2 amide bonds. The van der Waals surface area contributed by atoms with Crippen molar-refractivity contribution in [2.24, 2.45) is 5.92 Å². The van der Waals surface area contributed by atoms with Crippen molar-refractivity contribution < 1.29 is 19.4 Å². The Morgan fingerprint density at radius 1 is 1.39 bits per heavy atom. The summed E-state index contributed by atoms with van der Waals surface area (Å²) >= 11 is 0. The van der Waals surface area contributed by atoms with E-state index in [2.05, 4.69) is 5.32 Å². The minimum absolute atomic E-state index is 0.00614. The minimum Gasteiger partial charge on any atom is -0.481 e. The summed E-state index contributed by atoms with van der Waals surface area (Å²) in [6, 6.07) is -0.221. The number of aliphatic carboxylic acids is 1. The summed E-state index contributed by atoms with van der Waals surface area (Å²) < 4.78 is 4.93. The molecule has 0 aliphatic rings. The van der Waals surface area contributed by atoms with Crippen molar-refractivity contribution in [3.8, 4) is 0 Å². The molecule has 0 heterocycles. The molecule has 0 rings (SSSR count). The van der Waals surface area contributed by atoms with E-state index in [0.29, 0.717) is 13.2 Å². The van der Waals surface area contributed by atoms with Crippen molar-refractivity contribution >= 4 is 12.0 Å². The van der Waals surface area contributed by atoms with E-state index in [4.69, 9.17) is 9.84 Å². The van der Waals surface area contributed by atoms with Gasteiger partial charge in [0.15, 0.2) is 0 Å². The molecule has 0 aromatic rings. The second kappa shape index (κ2) is 8.74. The number of carboxylic acid groups (broad SMARTS) is 1. The second-order valence-electron chi connectivity index (χ2n) is 4.41. The van der Waals surface area contributed by atoms with Gasteiger partial charge in [0.05, 0.1) is 5.92 Å². The Hall–Kier alpha value is -1.30. The standard InChI is InChI=1S/C12H24N2O4/c1-5-14(8-9(2)11(15)16)12(17)13-10(3)6-7-18-4/h9-10H,5-8H2,1-4H3,(H,13,17)(H,15,16). The number of carbonyl (C=O) groups excluding carboxylic acids is 1. The third kappa shape index (κ3) is 6.44. The minimum atomic E-state index is -0.895. The van der Waals surface area contributed by atoms with Crippen molar-refractivity contribution in [2.75, 3.05) is 26.8 Å². The zero-order valence-electron chi connectivity index (χ0n) is 11.6. The molecule has 6 heteroatoms. The molecule has 0 saturated heterocycles. The third-order valence-electron chi connectivity index (χ3n) is 2.71. The number of rotatable bonds is 8. The van der Waals surface area contributed by atoms with Gasteiger partial charge in [0.1, 0.15) is 0 Å². The first-order valence-electron chi connectivity index (χ1n) is 6.19. The van der Waals surface area contributed by atoms with Crippen LogP contribution in [-0.2, 0) is 9.53 Å². The van der Waals surface area contributed by atoms with Crippen LogP contribution in [0.5, 0.6) is 0 Å². The smallest absolute Gasteiger partial charge is 0.317 e. The predicted octanol–water partition coefficient (Wildman–Crippen LogP) is 1.16. The number of hydrogen-bond donors (Lipinski definition) is 2. The first-order valence-corrected chi connectivity index (χ1v) is 6.19. The van der Waals surface area contributed by atoms with Gasteiger partial charge in [-0.2, -0.15) is 0 Å². The maximum Gasteiger partial charge on any atom is 0.317 e. The van der Waals surface area contributed by atoms with Gasteiger partial charge < -0.3 is 20.1 Å². The number of carbonyl (C=O) groups is 2. The summed E-state index contributed by atoms with van der Waals surface area (Å²) in [7, 11) is 1.61. The molecule has 0 bridgehead atoms. The highest BCUT2D eigenvalue weighted by atomic mass is 16.5. The van der Waals surface area contributed by atoms with Gasteiger partial charge in [0.2, 0.25) is 0 Å². The summed E-state index contributed by atoms with van der Waals surface area (Å²) in [5.41, 5.74) is 0. The van der Waals surface area contributed by atoms with Gasteiger partial charge in [0.25, 0.3) is 0 Å². The maximum atomic E-state index is 11.9. The maximum absolute atomic E-state index is 11.9. The first-order chi connectivity index (χ1) is 8.42. The Balaban J connectivity index is 4.22. The average molecular weight is 260 g/mol. The van der Waals surface area contributed by atoms with Crippen LogP contribution in [0, 0.1) is 5.92 Å². The van der Waals surface area contributed by atoms with Crippen molar-refractivity contribution in [2.45, 2.75) is 33.2 Å². The number of carboxylic acids is 1. The van der Waals surface area contributed by atoms with Crippen LogP contribution in [0.1, 0.15) is 27.2 Å². The molecule has 2 N–H and O–H groups in total. The lowest BCUT2D eigenvalue weighted by Crippen LogP contribution is -2.46. The van der Waals surface area contributed by atoms with Crippen LogP contribution in [0.2, 0.25) is 0 Å². The quantitative estimate of drug-likeness (QED) is 0.686. The Morgan fingerprint density at radius 2 is 2.00 bits per heavy atom. The third-order valence-corrected chi connectivity index (χ3v) is 2.71. The van der Waals surface area contributed by atoms with E-state index in [1.54, 1.807) is 14.0 Å². The van der Waals surface area contributed by atoms with Crippen LogP contribution in [0.4, 0.5) is 4.79 Å². The fraction of sp³-hybridized carbons (Fsp3) is 0.833. The molecule has 0 aromatic carbocycles. The van der Waals surface area contributed by atoms with Crippen LogP contribution >= 0.6 is 0 Å². The molecule has 0 aromatic heterocycles. The van der Waals surface area contributed by atoms with Crippen molar-refractivity contribution in [3.63, 3.8) is 0 Å². The Labute approximate surface area is 108 Å². The molecule has 0 spiro atoms. The largest absolute Gasteiger partial charge is 0.481 e. The lowest BCUT2D eigenvalue weighted by atomic mass is 10.2. The Bertz CT molecular complexity index is 271. The molecule has 0 saturated carbocycles. The lowest BCUT2D eigenvalue weighted by Gasteiger charge is -2.25. The molecule has 0 radical (unpaired) electrons. The van der Waals surface area contributed by atoms with Gasteiger partial charge in [0, 0.05) is 32.8 Å². The van der Waals surface area contributed by atoms with E-state index in [9.17, 15) is 9.59 Å². The average Bonchev–Trinajstić information content (AvgIpc) is 2.32. The van der Waals surface area contributed by atoms with E-state index in [0.717, 1.165) is 6.42 Å². The van der Waals surface area contributed by atoms with Crippen molar-refractivity contribution in [1.82, 2.24) is 10.2 Å². The summed E-state index contributed by atoms with van der Waals surface area (Å²) in [4.78, 5) is 24.2. The molecule has 0 aliphatic heterocycles. The zero-order chi connectivity index (χ0) is 14.1. The first kappa shape index (κ1) is 16.7. The van der Waals surface area contributed by atoms with E-state index in [1.807, 2.05) is 13.8 Å². The monoisotopic (exact) mass is 260 g/mol. The molecule has 0 aliphatic carbocycles. The SMILES string of the molecule is CCN(CC(C)C(=O)O)C(=O)NC(C)CCOC. The highest BCUT2D eigenvalue weighted by Gasteiger charge is 2.20. The van der Waals surface area contributed by atoms with E-state index >= 15 is 0 Å². The number of hydrogen-bond acceptors (Lipinski definition) is 3. The van der Waals surface area contributed by atoms with Gasteiger partial charge in [-0.3, -0.25) is 4.79 Å². The molecule has 2 unspecified atom stereocenters. The molecule has 18 heavy (non-hydrogen) atoms. The van der Waals surface area contributed by atoms with Crippen LogP contribution in [0.25, 0.3) is 0 Å². The van der Waals surface area contributed by atoms with Crippen LogP contribution < -0.4 is 5.32 Å². The summed E-state index contributed by atoms with van der Waals surface area (Å²) in [6.07, 6.45) is 0.730. The van der Waals surface area contributed by atoms with E-state index in [1.165, 1.54) is 4.90 Å². The fourth-order valence-electron chi connectivity index (χ4n) is 1.43. The molecular formula is C12H24N2O4. The van der Waals surface area contributed by atoms with E-state index in [-0.39, 0.29) is 18.6 Å².